The maximum atomic E-state index is 11.9. The molecule has 2 rings (SSSR count). The third-order valence-electron chi connectivity index (χ3n) is 3.61. The van der Waals surface area contributed by atoms with E-state index < -0.39 is 10.8 Å². The summed E-state index contributed by atoms with van der Waals surface area (Å²) >= 11 is 0. The minimum Gasteiger partial charge on any atom is -0.508 e. The summed E-state index contributed by atoms with van der Waals surface area (Å²) in [6.45, 7) is 0.242. The predicted octanol–water partition coefficient (Wildman–Crippen LogP) is 1.67. The molecular formula is C18H18N4O6. The molecule has 0 aliphatic rings. The number of nitrogens with one attached hydrogen (secondary N) is 2. The van der Waals surface area contributed by atoms with E-state index in [4.69, 9.17) is 0 Å². The van der Waals surface area contributed by atoms with E-state index >= 15 is 0 Å². The van der Waals surface area contributed by atoms with E-state index in [0.29, 0.717) is 12.0 Å². The van der Waals surface area contributed by atoms with E-state index in [9.17, 15) is 29.9 Å². The number of hydrazone groups is 1. The van der Waals surface area contributed by atoms with Gasteiger partial charge in [0, 0.05) is 42.3 Å². The van der Waals surface area contributed by atoms with Crippen LogP contribution in [0.1, 0.15) is 28.8 Å². The fourth-order valence-electron chi connectivity index (χ4n) is 2.16. The van der Waals surface area contributed by atoms with Crippen molar-refractivity contribution in [3.63, 3.8) is 0 Å². The van der Waals surface area contributed by atoms with Crippen LogP contribution in [0.4, 0.5) is 5.69 Å². The summed E-state index contributed by atoms with van der Waals surface area (Å²) in [4.78, 5) is 33.6. The van der Waals surface area contributed by atoms with Gasteiger partial charge in [-0.25, -0.2) is 5.43 Å². The molecule has 0 saturated carbocycles. The molecular weight excluding hydrogens is 368 g/mol. The van der Waals surface area contributed by atoms with Crippen LogP contribution in [-0.2, 0) is 4.79 Å². The topological polar surface area (TPSA) is 154 Å². The number of rotatable bonds is 8. The number of aromatic hydroxyl groups is 2. The molecule has 0 aromatic heterocycles. The van der Waals surface area contributed by atoms with Crippen LogP contribution in [0.2, 0.25) is 0 Å². The van der Waals surface area contributed by atoms with Gasteiger partial charge in [0.05, 0.1) is 11.1 Å². The Morgan fingerprint density at radius 3 is 2.50 bits per heavy atom. The standard InChI is InChI=1S/C18H18N4O6/c23-15-8-5-13(16(24)10-15)11-20-21-17(25)2-1-9-19-18(26)12-3-6-14(7-4-12)22(27)28/h3-8,10-11,23-24H,1-2,9H2,(H,19,26)(H,21,25). The Kier molecular flexibility index (Phi) is 7.03. The molecule has 146 valence electrons. The number of phenolic OH excluding ortho intramolecular Hbond substituents is 2. The van der Waals surface area contributed by atoms with Crippen molar-refractivity contribution in [1.82, 2.24) is 10.7 Å². The maximum Gasteiger partial charge on any atom is 0.269 e. The highest BCUT2D eigenvalue weighted by molar-refractivity contribution is 5.94. The molecule has 2 amide bonds. The van der Waals surface area contributed by atoms with Crippen molar-refractivity contribution >= 4 is 23.7 Å². The first-order valence-corrected chi connectivity index (χ1v) is 8.23. The van der Waals surface area contributed by atoms with Crippen molar-refractivity contribution < 1.29 is 24.7 Å². The lowest BCUT2D eigenvalue weighted by Crippen LogP contribution is -2.26. The van der Waals surface area contributed by atoms with Crippen LogP contribution in [0.25, 0.3) is 0 Å². The van der Waals surface area contributed by atoms with Crippen molar-refractivity contribution in [2.24, 2.45) is 5.10 Å². The number of amides is 2. The zero-order valence-corrected chi connectivity index (χ0v) is 14.7. The second-order valence-corrected chi connectivity index (χ2v) is 5.70. The molecule has 0 bridgehead atoms. The second kappa shape index (κ2) is 9.67. The first-order valence-electron chi connectivity index (χ1n) is 8.23. The normalized spacial score (nSPS) is 10.6. The molecule has 0 atom stereocenters. The average molecular weight is 386 g/mol. The minimum absolute atomic E-state index is 0.0885. The Balaban J connectivity index is 1.69. The lowest BCUT2D eigenvalue weighted by molar-refractivity contribution is -0.384. The largest absolute Gasteiger partial charge is 0.508 e. The number of nitrogens with zero attached hydrogens (tertiary/aromatic N) is 2. The van der Waals surface area contributed by atoms with Gasteiger partial charge in [-0.3, -0.25) is 19.7 Å². The van der Waals surface area contributed by atoms with Crippen molar-refractivity contribution in [2.75, 3.05) is 6.54 Å². The van der Waals surface area contributed by atoms with Gasteiger partial charge in [-0.1, -0.05) is 0 Å². The van der Waals surface area contributed by atoms with Crippen molar-refractivity contribution in [3.05, 3.63) is 63.7 Å². The SMILES string of the molecule is O=C(CCCNC(=O)c1ccc([N+](=O)[O-])cc1)NN=Cc1ccc(O)cc1O. The molecule has 0 saturated heterocycles. The highest BCUT2D eigenvalue weighted by atomic mass is 16.6. The number of nitro benzene ring substituents is 1. The van der Waals surface area contributed by atoms with Gasteiger partial charge >= 0.3 is 0 Å². The van der Waals surface area contributed by atoms with E-state index in [2.05, 4.69) is 15.8 Å². The number of hydrogen-bond acceptors (Lipinski definition) is 7. The Hall–Kier alpha value is -3.95. The van der Waals surface area contributed by atoms with E-state index in [1.54, 1.807) is 0 Å². The van der Waals surface area contributed by atoms with E-state index in [1.807, 2.05) is 0 Å². The van der Waals surface area contributed by atoms with E-state index in [1.165, 1.54) is 42.6 Å². The maximum absolute atomic E-state index is 11.9. The summed E-state index contributed by atoms with van der Waals surface area (Å²) in [5.74, 6) is -1.03. The van der Waals surface area contributed by atoms with Gasteiger partial charge in [0.1, 0.15) is 11.5 Å². The number of non-ortho nitro benzene ring substituents is 1. The average Bonchev–Trinajstić information content (AvgIpc) is 2.67. The smallest absolute Gasteiger partial charge is 0.269 e. The molecule has 4 N–H and O–H groups in total. The first-order chi connectivity index (χ1) is 13.4. The number of nitro groups is 1. The van der Waals surface area contributed by atoms with E-state index in [0.717, 1.165) is 6.07 Å². The van der Waals surface area contributed by atoms with Crippen molar-refractivity contribution in [2.45, 2.75) is 12.8 Å². The fourth-order valence-corrected chi connectivity index (χ4v) is 2.16. The van der Waals surface area contributed by atoms with Crippen LogP contribution in [0.5, 0.6) is 11.5 Å². The monoisotopic (exact) mass is 386 g/mol. The number of carbonyl (C=O) groups is 2. The Labute approximate surface area is 159 Å². The summed E-state index contributed by atoms with van der Waals surface area (Å²) in [6, 6.07) is 9.15. The number of carbonyl (C=O) groups excluding carboxylic acids is 2. The van der Waals surface area contributed by atoms with Gasteiger partial charge < -0.3 is 15.5 Å². The molecule has 2 aromatic rings. The summed E-state index contributed by atoms with van der Waals surface area (Å²) < 4.78 is 0. The zero-order valence-electron chi connectivity index (χ0n) is 14.7. The van der Waals surface area contributed by atoms with E-state index in [-0.39, 0.29) is 41.6 Å². The molecule has 28 heavy (non-hydrogen) atoms. The molecule has 2 aromatic carbocycles. The molecule has 10 heteroatoms. The number of hydrogen-bond donors (Lipinski definition) is 4. The van der Waals surface area contributed by atoms with Gasteiger partial charge in [0.2, 0.25) is 5.91 Å². The molecule has 0 spiro atoms. The van der Waals surface area contributed by atoms with Crippen molar-refractivity contribution in [1.29, 1.82) is 0 Å². The van der Waals surface area contributed by atoms with Gasteiger partial charge in [0.25, 0.3) is 11.6 Å². The molecule has 0 aliphatic heterocycles. The highest BCUT2D eigenvalue weighted by Crippen LogP contribution is 2.20. The van der Waals surface area contributed by atoms with Crippen LogP contribution in [0, 0.1) is 10.1 Å². The molecule has 0 fully saturated rings. The van der Waals surface area contributed by atoms with Crippen LogP contribution >= 0.6 is 0 Å². The molecule has 0 heterocycles. The van der Waals surface area contributed by atoms with Crippen LogP contribution in [0.15, 0.2) is 47.6 Å². The van der Waals surface area contributed by atoms with Crippen LogP contribution in [0.3, 0.4) is 0 Å². The second-order valence-electron chi connectivity index (χ2n) is 5.70. The van der Waals surface area contributed by atoms with Gasteiger partial charge in [-0.05, 0) is 30.7 Å². The molecule has 0 radical (unpaired) electrons. The van der Waals surface area contributed by atoms with Crippen LogP contribution in [-0.4, -0.2) is 39.7 Å². The zero-order chi connectivity index (χ0) is 20.5. The van der Waals surface area contributed by atoms with Gasteiger partial charge in [0.15, 0.2) is 0 Å². The lowest BCUT2D eigenvalue weighted by Gasteiger charge is -2.05. The Bertz CT molecular complexity index is 895. The molecule has 0 aliphatic carbocycles. The summed E-state index contributed by atoms with van der Waals surface area (Å²) in [5, 5.41) is 35.7. The fraction of sp³-hybridized carbons (Fsp3) is 0.167. The number of phenols is 2. The lowest BCUT2D eigenvalue weighted by atomic mass is 10.2. The summed E-state index contributed by atoms with van der Waals surface area (Å²) in [5.41, 5.74) is 2.80. The highest BCUT2D eigenvalue weighted by Gasteiger charge is 2.09. The summed E-state index contributed by atoms with van der Waals surface area (Å²) in [7, 11) is 0. The molecule has 0 unspecified atom stereocenters. The Morgan fingerprint density at radius 2 is 1.86 bits per heavy atom. The summed E-state index contributed by atoms with van der Waals surface area (Å²) in [6.07, 6.45) is 1.72. The first kappa shape index (κ1) is 20.4. The third-order valence-corrected chi connectivity index (χ3v) is 3.61. The van der Waals surface area contributed by atoms with Gasteiger partial charge in [-0.2, -0.15) is 5.10 Å². The quantitative estimate of drug-likeness (QED) is 0.234. The Morgan fingerprint density at radius 1 is 1.14 bits per heavy atom. The third kappa shape index (κ3) is 6.09. The number of benzene rings is 2. The van der Waals surface area contributed by atoms with Gasteiger partial charge in [-0.15, -0.1) is 0 Å². The van der Waals surface area contributed by atoms with Crippen molar-refractivity contribution in [3.8, 4) is 11.5 Å². The minimum atomic E-state index is -0.550. The predicted molar refractivity (Wildman–Crippen MR) is 100 cm³/mol. The van der Waals surface area contributed by atoms with Crippen LogP contribution < -0.4 is 10.7 Å². The molecule has 10 nitrogen and oxygen atoms in total.